The fourth-order valence-electron chi connectivity index (χ4n) is 8.47. The number of carbonyl (C=O) groups excluding carboxylic acids is 1. The molecule has 7 heteroatoms. The van der Waals surface area contributed by atoms with E-state index in [-0.39, 0.29) is 17.3 Å². The summed E-state index contributed by atoms with van der Waals surface area (Å²) >= 11 is 0. The van der Waals surface area contributed by atoms with Gasteiger partial charge in [0.2, 0.25) is 0 Å². The fourth-order valence-corrected chi connectivity index (χ4v) is 8.47. The molecule has 0 aromatic carbocycles. The van der Waals surface area contributed by atoms with Crippen molar-refractivity contribution >= 4 is 11.9 Å². The number of carboxylic acid groups (broad SMARTS) is 1. The van der Waals surface area contributed by atoms with Gasteiger partial charge in [-0.1, -0.05) is 32.4 Å². The van der Waals surface area contributed by atoms with E-state index in [0.717, 1.165) is 38.5 Å². The van der Waals surface area contributed by atoms with Crippen molar-refractivity contribution in [3.05, 3.63) is 11.6 Å². The van der Waals surface area contributed by atoms with Gasteiger partial charge in [-0.05, 0) is 91.8 Å². The van der Waals surface area contributed by atoms with E-state index >= 15 is 0 Å². The third-order valence-electron chi connectivity index (χ3n) is 10.1. The third-order valence-corrected chi connectivity index (χ3v) is 10.1. The summed E-state index contributed by atoms with van der Waals surface area (Å²) in [6.07, 6.45) is 4.79. The van der Waals surface area contributed by atoms with Crippen molar-refractivity contribution in [2.45, 2.75) is 97.3 Å². The quantitative estimate of drug-likeness (QED) is 0.366. The largest absolute Gasteiger partial charge is 0.490 e. The molecule has 3 saturated carbocycles. The van der Waals surface area contributed by atoms with Crippen molar-refractivity contribution in [2.24, 2.45) is 40.4 Å². The van der Waals surface area contributed by atoms with Crippen LogP contribution in [0.15, 0.2) is 11.6 Å². The first-order chi connectivity index (χ1) is 15.4. The van der Waals surface area contributed by atoms with Gasteiger partial charge in [-0.15, -0.1) is 0 Å². The minimum atomic E-state index is -4.94. The molecule has 4 aliphatic carbocycles. The number of allylic oxidation sites excluding steroid dienone is 1. The summed E-state index contributed by atoms with van der Waals surface area (Å²) in [5.41, 5.74) is 1.39. The van der Waals surface area contributed by atoms with Crippen LogP contribution in [0.1, 0.15) is 85.0 Å². The maximum Gasteiger partial charge on any atom is 0.490 e. The molecule has 4 nitrogen and oxygen atoms in total. The molecule has 8 atom stereocenters. The first-order valence-electron chi connectivity index (χ1n) is 12.6. The van der Waals surface area contributed by atoms with E-state index in [4.69, 9.17) is 9.84 Å². The fraction of sp³-hybridized carbons (Fsp3) is 0.846. The van der Waals surface area contributed by atoms with E-state index in [1.54, 1.807) is 0 Å². The molecule has 186 valence electrons. The van der Waals surface area contributed by atoms with E-state index in [9.17, 15) is 22.8 Å². The number of rotatable bonds is 5. The van der Waals surface area contributed by atoms with Crippen molar-refractivity contribution in [2.75, 3.05) is 0 Å². The zero-order chi connectivity index (χ0) is 24.2. The Morgan fingerprint density at radius 1 is 1.15 bits per heavy atom. The second-order valence-corrected chi connectivity index (χ2v) is 11.7. The first-order valence-corrected chi connectivity index (χ1v) is 12.6. The highest BCUT2D eigenvalue weighted by molar-refractivity contribution is 5.75. The summed E-state index contributed by atoms with van der Waals surface area (Å²) in [5.74, 6) is -0.141. The molecule has 0 heterocycles. The summed E-state index contributed by atoms with van der Waals surface area (Å²) in [6.45, 7) is 6.93. The van der Waals surface area contributed by atoms with Gasteiger partial charge in [-0.3, -0.25) is 4.79 Å². The lowest BCUT2D eigenvalue weighted by Crippen LogP contribution is -2.51. The number of alkyl halides is 3. The molecule has 0 aromatic rings. The van der Waals surface area contributed by atoms with Crippen LogP contribution in [0.4, 0.5) is 13.2 Å². The summed E-state index contributed by atoms with van der Waals surface area (Å²) in [5, 5.41) is 9.11. The molecule has 0 amide bonds. The molecule has 0 aliphatic heterocycles. The summed E-state index contributed by atoms with van der Waals surface area (Å²) in [4.78, 5) is 22.4. The Morgan fingerprint density at radius 3 is 2.55 bits per heavy atom. The predicted molar refractivity (Wildman–Crippen MR) is 117 cm³/mol. The number of aliphatic carboxylic acids is 1. The lowest BCUT2D eigenvalue weighted by atomic mass is 9.47. The maximum atomic E-state index is 12.7. The Morgan fingerprint density at radius 2 is 1.88 bits per heavy atom. The molecule has 0 bridgehead atoms. The van der Waals surface area contributed by atoms with Gasteiger partial charge in [0.15, 0.2) is 0 Å². The number of halogens is 3. The third kappa shape index (κ3) is 4.34. The average Bonchev–Trinajstić information content (AvgIpc) is 3.08. The lowest BCUT2D eigenvalue weighted by molar-refractivity contribution is -0.206. The van der Waals surface area contributed by atoms with Gasteiger partial charge in [-0.25, -0.2) is 4.79 Å². The Labute approximate surface area is 194 Å². The number of ether oxygens (including phenoxy) is 1. The molecule has 3 fully saturated rings. The van der Waals surface area contributed by atoms with E-state index in [0.29, 0.717) is 42.4 Å². The van der Waals surface area contributed by atoms with Crippen LogP contribution in [0.2, 0.25) is 0 Å². The van der Waals surface area contributed by atoms with E-state index < -0.39 is 24.2 Å². The second kappa shape index (κ2) is 8.60. The standard InChI is InChI=1S/C26H37F3O4/c1-15(4-9-22(30)31)19-7-8-20-18-6-5-16-14-17(33-23(32)26(27,28)29)10-12-24(16,2)21(18)11-13-25(19,20)3/h5,15,17-21H,4,6-14H2,1-3H3,(H,30,31)/t15-,17+,18+,19-,20+,21+,24+,25-/m1/s1. The van der Waals surface area contributed by atoms with Gasteiger partial charge < -0.3 is 9.84 Å². The number of hydrogen-bond acceptors (Lipinski definition) is 3. The number of hydrogen-bond donors (Lipinski definition) is 1. The molecule has 0 spiro atoms. The van der Waals surface area contributed by atoms with Gasteiger partial charge in [0.1, 0.15) is 6.10 Å². The number of esters is 1. The van der Waals surface area contributed by atoms with E-state index in [2.05, 4.69) is 26.8 Å². The van der Waals surface area contributed by atoms with Crippen LogP contribution in [0.25, 0.3) is 0 Å². The second-order valence-electron chi connectivity index (χ2n) is 11.7. The lowest BCUT2D eigenvalue weighted by Gasteiger charge is -2.58. The Balaban J connectivity index is 1.47. The first kappa shape index (κ1) is 24.6. The van der Waals surface area contributed by atoms with Crippen molar-refractivity contribution in [1.29, 1.82) is 0 Å². The zero-order valence-electron chi connectivity index (χ0n) is 19.9. The summed E-state index contributed by atoms with van der Waals surface area (Å²) in [6, 6.07) is 0. The van der Waals surface area contributed by atoms with Crippen molar-refractivity contribution < 1.29 is 32.6 Å². The normalized spacial score (nSPS) is 41.3. The molecule has 33 heavy (non-hydrogen) atoms. The molecular formula is C26H37F3O4. The SMILES string of the molecule is C[C@H](CCC(=O)O)[C@H]1CC[C@H]2[C@@H]3CC=C4C[C@@H](OC(=O)C(F)(F)F)CC[C@]4(C)[C@H]3CC[C@]12C. The van der Waals surface area contributed by atoms with Crippen LogP contribution in [-0.2, 0) is 14.3 Å². The van der Waals surface area contributed by atoms with E-state index in [1.165, 1.54) is 12.0 Å². The highest BCUT2D eigenvalue weighted by Crippen LogP contribution is 2.67. The Bertz CT molecular complexity index is 821. The topological polar surface area (TPSA) is 63.6 Å². The Hall–Kier alpha value is -1.53. The van der Waals surface area contributed by atoms with Gasteiger partial charge in [0, 0.05) is 12.8 Å². The van der Waals surface area contributed by atoms with Crippen LogP contribution < -0.4 is 0 Å². The molecule has 4 rings (SSSR count). The molecule has 1 N–H and O–H groups in total. The molecule has 0 radical (unpaired) electrons. The number of fused-ring (bicyclic) bond motifs is 5. The minimum absolute atomic E-state index is 0.0294. The van der Waals surface area contributed by atoms with E-state index in [1.807, 2.05) is 0 Å². The van der Waals surface area contributed by atoms with Crippen molar-refractivity contribution in [1.82, 2.24) is 0 Å². The molecule has 0 aromatic heterocycles. The Kier molecular flexibility index (Phi) is 6.41. The zero-order valence-corrected chi connectivity index (χ0v) is 19.9. The minimum Gasteiger partial charge on any atom is -0.481 e. The molecule has 0 saturated heterocycles. The highest BCUT2D eigenvalue weighted by Gasteiger charge is 2.59. The van der Waals surface area contributed by atoms with Gasteiger partial charge in [-0.2, -0.15) is 13.2 Å². The average molecular weight is 471 g/mol. The van der Waals surface area contributed by atoms with Crippen molar-refractivity contribution in [3.8, 4) is 0 Å². The molecular weight excluding hydrogens is 433 g/mol. The van der Waals surface area contributed by atoms with Crippen LogP contribution in [0, 0.1) is 40.4 Å². The predicted octanol–water partition coefficient (Wildman–Crippen LogP) is 6.54. The molecule has 0 unspecified atom stereocenters. The van der Waals surface area contributed by atoms with Crippen LogP contribution in [0.3, 0.4) is 0 Å². The van der Waals surface area contributed by atoms with Gasteiger partial charge >= 0.3 is 18.1 Å². The van der Waals surface area contributed by atoms with Gasteiger partial charge in [0.25, 0.3) is 0 Å². The number of carbonyl (C=O) groups is 2. The number of carboxylic acids is 1. The summed E-state index contributed by atoms with van der Waals surface area (Å²) in [7, 11) is 0. The van der Waals surface area contributed by atoms with Crippen LogP contribution in [-0.4, -0.2) is 29.3 Å². The highest BCUT2D eigenvalue weighted by atomic mass is 19.4. The smallest absolute Gasteiger partial charge is 0.481 e. The van der Waals surface area contributed by atoms with Crippen LogP contribution in [0.5, 0.6) is 0 Å². The maximum absolute atomic E-state index is 12.7. The summed E-state index contributed by atoms with van der Waals surface area (Å²) < 4.78 is 42.8. The molecule has 4 aliphatic rings. The van der Waals surface area contributed by atoms with Crippen molar-refractivity contribution in [3.63, 3.8) is 0 Å². The monoisotopic (exact) mass is 470 g/mol. The van der Waals surface area contributed by atoms with Crippen LogP contribution >= 0.6 is 0 Å². The van der Waals surface area contributed by atoms with Gasteiger partial charge in [0.05, 0.1) is 0 Å².